The second kappa shape index (κ2) is 5.61. The Morgan fingerprint density at radius 3 is 2.86 bits per heavy atom. The van der Waals surface area contributed by atoms with Gasteiger partial charge in [0.1, 0.15) is 0 Å². The molecule has 2 nitrogen and oxygen atoms in total. The van der Waals surface area contributed by atoms with Crippen molar-refractivity contribution in [1.82, 2.24) is 10.3 Å². The van der Waals surface area contributed by atoms with E-state index in [0.29, 0.717) is 6.04 Å². The summed E-state index contributed by atoms with van der Waals surface area (Å²) in [4.78, 5) is 4.18. The van der Waals surface area contributed by atoms with Crippen LogP contribution >= 0.6 is 0 Å². The molecule has 2 heteroatoms. The largest absolute Gasteiger partial charge is 0.305 e. The van der Waals surface area contributed by atoms with Gasteiger partial charge in [0.25, 0.3) is 0 Å². The minimum Gasteiger partial charge on any atom is -0.305 e. The summed E-state index contributed by atoms with van der Waals surface area (Å²) in [5, 5.41) is 3.80. The van der Waals surface area contributed by atoms with Crippen LogP contribution in [0.2, 0.25) is 0 Å². The van der Waals surface area contributed by atoms with Crippen LogP contribution in [-0.4, -0.2) is 4.98 Å². The first-order valence-electron chi connectivity index (χ1n) is 7.78. The van der Waals surface area contributed by atoms with Gasteiger partial charge in [0.2, 0.25) is 0 Å². The summed E-state index contributed by atoms with van der Waals surface area (Å²) in [6.07, 6.45) is 6.24. The van der Waals surface area contributed by atoms with Crippen LogP contribution in [0, 0.1) is 12.3 Å². The van der Waals surface area contributed by atoms with Crippen LogP contribution in [0.15, 0.2) is 42.7 Å². The lowest BCUT2D eigenvalue weighted by Gasteiger charge is -2.41. The van der Waals surface area contributed by atoms with Crippen LogP contribution < -0.4 is 5.32 Å². The number of pyridine rings is 1. The molecule has 0 aliphatic heterocycles. The zero-order valence-corrected chi connectivity index (χ0v) is 13.2. The smallest absolute Gasteiger partial charge is 0.0377 e. The number of aryl methyl sites for hydroxylation is 2. The van der Waals surface area contributed by atoms with Crippen molar-refractivity contribution in [3.05, 3.63) is 65.0 Å². The Hall–Kier alpha value is -1.67. The van der Waals surface area contributed by atoms with Crippen LogP contribution in [-0.2, 0) is 13.0 Å². The van der Waals surface area contributed by atoms with Gasteiger partial charge in [0, 0.05) is 25.0 Å². The highest BCUT2D eigenvalue weighted by molar-refractivity contribution is 5.34. The minimum atomic E-state index is 0.287. The average molecular weight is 280 g/mol. The number of nitrogens with zero attached hydrogens (tertiary/aromatic N) is 1. The third kappa shape index (κ3) is 2.86. The van der Waals surface area contributed by atoms with Gasteiger partial charge in [-0.25, -0.2) is 0 Å². The fourth-order valence-electron chi connectivity index (χ4n) is 3.36. The Bertz CT molecular complexity index is 631. The second-order valence-electron chi connectivity index (χ2n) is 6.80. The van der Waals surface area contributed by atoms with E-state index >= 15 is 0 Å². The van der Waals surface area contributed by atoms with Gasteiger partial charge in [-0.3, -0.25) is 4.98 Å². The second-order valence-corrected chi connectivity index (χ2v) is 6.80. The van der Waals surface area contributed by atoms with Gasteiger partial charge in [0.15, 0.2) is 0 Å². The maximum absolute atomic E-state index is 4.18. The number of nitrogens with one attached hydrogen (secondary N) is 1. The first-order valence-corrected chi connectivity index (χ1v) is 7.78. The first-order chi connectivity index (χ1) is 10.1. The third-order valence-electron chi connectivity index (χ3n) is 4.82. The lowest BCUT2D eigenvalue weighted by Crippen LogP contribution is -2.38. The molecule has 1 aromatic heterocycles. The first kappa shape index (κ1) is 14.3. The molecule has 1 atom stereocenters. The van der Waals surface area contributed by atoms with Crippen molar-refractivity contribution in [2.45, 2.75) is 46.2 Å². The predicted molar refractivity (Wildman–Crippen MR) is 87.1 cm³/mol. The molecule has 1 aliphatic rings. The van der Waals surface area contributed by atoms with Gasteiger partial charge in [-0.2, -0.15) is 0 Å². The van der Waals surface area contributed by atoms with Crippen LogP contribution in [0.1, 0.15) is 48.6 Å². The highest BCUT2D eigenvalue weighted by Crippen LogP contribution is 2.43. The Kier molecular flexibility index (Phi) is 3.81. The maximum atomic E-state index is 4.18. The van der Waals surface area contributed by atoms with E-state index in [0.717, 1.165) is 6.54 Å². The van der Waals surface area contributed by atoms with Crippen LogP contribution in [0.3, 0.4) is 0 Å². The molecule has 21 heavy (non-hydrogen) atoms. The van der Waals surface area contributed by atoms with Gasteiger partial charge in [-0.05, 0) is 53.5 Å². The summed E-state index contributed by atoms with van der Waals surface area (Å²) < 4.78 is 0. The molecule has 0 saturated heterocycles. The summed E-state index contributed by atoms with van der Waals surface area (Å²) in [6.45, 7) is 7.78. The monoisotopic (exact) mass is 280 g/mol. The van der Waals surface area contributed by atoms with E-state index in [-0.39, 0.29) is 5.41 Å². The van der Waals surface area contributed by atoms with Crippen molar-refractivity contribution in [2.24, 2.45) is 5.41 Å². The molecular formula is C19H24N2. The van der Waals surface area contributed by atoms with Crippen molar-refractivity contribution >= 4 is 0 Å². The molecule has 0 spiro atoms. The van der Waals surface area contributed by atoms with Gasteiger partial charge in [-0.15, -0.1) is 0 Å². The molecule has 0 fully saturated rings. The molecule has 1 N–H and O–H groups in total. The average Bonchev–Trinajstić information content (AvgIpc) is 2.47. The maximum Gasteiger partial charge on any atom is 0.0377 e. The van der Waals surface area contributed by atoms with Crippen LogP contribution in [0.4, 0.5) is 0 Å². The molecule has 3 rings (SSSR count). The SMILES string of the molecule is Cc1cnccc1CNC1c2ccccc2CCC1(C)C. The summed E-state index contributed by atoms with van der Waals surface area (Å²) >= 11 is 0. The zero-order valence-electron chi connectivity index (χ0n) is 13.2. The van der Waals surface area contributed by atoms with Gasteiger partial charge < -0.3 is 5.32 Å². The number of fused-ring (bicyclic) bond motifs is 1. The fourth-order valence-corrected chi connectivity index (χ4v) is 3.36. The van der Waals surface area contributed by atoms with Crippen molar-refractivity contribution in [1.29, 1.82) is 0 Å². The standard InChI is InChI=1S/C19H24N2/c1-14-12-20-11-9-16(14)13-21-18-17-7-5-4-6-15(17)8-10-19(18,2)3/h4-7,9,11-12,18,21H,8,10,13H2,1-3H3. The van der Waals surface area contributed by atoms with E-state index in [9.17, 15) is 0 Å². The molecule has 1 aromatic carbocycles. The Morgan fingerprint density at radius 2 is 2.05 bits per heavy atom. The van der Waals surface area contributed by atoms with Gasteiger partial charge >= 0.3 is 0 Å². The van der Waals surface area contributed by atoms with Gasteiger partial charge in [0.05, 0.1) is 0 Å². The summed E-state index contributed by atoms with van der Waals surface area (Å²) in [5.41, 5.74) is 5.85. The van der Waals surface area contributed by atoms with Gasteiger partial charge in [-0.1, -0.05) is 38.1 Å². The topological polar surface area (TPSA) is 24.9 Å². The predicted octanol–water partition coefficient (Wildman–Crippen LogP) is 4.19. The van der Waals surface area contributed by atoms with Crippen molar-refractivity contribution < 1.29 is 0 Å². The van der Waals surface area contributed by atoms with E-state index < -0.39 is 0 Å². The summed E-state index contributed by atoms with van der Waals surface area (Å²) in [7, 11) is 0. The number of aromatic nitrogens is 1. The van der Waals surface area contributed by atoms with Crippen LogP contribution in [0.25, 0.3) is 0 Å². The minimum absolute atomic E-state index is 0.287. The molecule has 2 aromatic rings. The van der Waals surface area contributed by atoms with E-state index in [4.69, 9.17) is 0 Å². The molecule has 0 radical (unpaired) electrons. The highest BCUT2D eigenvalue weighted by atomic mass is 14.9. The third-order valence-corrected chi connectivity index (χ3v) is 4.82. The van der Waals surface area contributed by atoms with E-state index in [1.165, 1.54) is 35.1 Å². The normalized spacial score (nSPS) is 20.0. The summed E-state index contributed by atoms with van der Waals surface area (Å²) in [5.74, 6) is 0. The van der Waals surface area contributed by atoms with Crippen molar-refractivity contribution in [3.63, 3.8) is 0 Å². The lowest BCUT2D eigenvalue weighted by atomic mass is 9.70. The molecule has 0 saturated carbocycles. The van der Waals surface area contributed by atoms with E-state index in [1.54, 1.807) is 0 Å². The van der Waals surface area contributed by atoms with Crippen LogP contribution in [0.5, 0.6) is 0 Å². The number of hydrogen-bond acceptors (Lipinski definition) is 2. The lowest BCUT2D eigenvalue weighted by molar-refractivity contribution is 0.208. The molecule has 1 unspecified atom stereocenters. The molecule has 0 bridgehead atoms. The van der Waals surface area contributed by atoms with E-state index in [2.05, 4.69) is 61.4 Å². The highest BCUT2D eigenvalue weighted by Gasteiger charge is 2.35. The quantitative estimate of drug-likeness (QED) is 0.911. The molecule has 0 amide bonds. The zero-order chi connectivity index (χ0) is 14.9. The van der Waals surface area contributed by atoms with Crippen molar-refractivity contribution in [3.8, 4) is 0 Å². The van der Waals surface area contributed by atoms with Crippen molar-refractivity contribution in [2.75, 3.05) is 0 Å². The number of hydrogen-bond donors (Lipinski definition) is 1. The molecule has 1 aliphatic carbocycles. The number of rotatable bonds is 3. The Labute approximate surface area is 127 Å². The van der Waals surface area contributed by atoms with E-state index in [1.807, 2.05) is 12.4 Å². The molecule has 110 valence electrons. The molecule has 1 heterocycles. The fraction of sp³-hybridized carbons (Fsp3) is 0.421. The Balaban J connectivity index is 1.85. The number of benzene rings is 1. The molecular weight excluding hydrogens is 256 g/mol. The Morgan fingerprint density at radius 1 is 1.24 bits per heavy atom. The summed E-state index contributed by atoms with van der Waals surface area (Å²) in [6, 6.07) is 11.4.